The molecule has 0 aliphatic rings. The van der Waals surface area contributed by atoms with Crippen LogP contribution in [0, 0.1) is 5.82 Å². The lowest BCUT2D eigenvalue weighted by molar-refractivity contribution is -0.141. The first-order valence-corrected chi connectivity index (χ1v) is 6.35. The van der Waals surface area contributed by atoms with Gasteiger partial charge in [0.1, 0.15) is 11.6 Å². The summed E-state index contributed by atoms with van der Waals surface area (Å²) >= 11 is 3.06. The fraction of sp³-hybridized carbons (Fsp3) is 0.167. The molecule has 2 aromatic rings. The molecule has 4 nitrogen and oxygen atoms in total. The van der Waals surface area contributed by atoms with E-state index in [-0.39, 0.29) is 17.6 Å². The van der Waals surface area contributed by atoms with E-state index >= 15 is 0 Å². The molecular formula is C12H8BrF4N3O. The van der Waals surface area contributed by atoms with Gasteiger partial charge in [-0.15, -0.1) is 0 Å². The number of nitrogens with one attached hydrogen (secondary N) is 1. The summed E-state index contributed by atoms with van der Waals surface area (Å²) in [6.07, 6.45) is -4.64. The van der Waals surface area contributed by atoms with Gasteiger partial charge in [0.05, 0.1) is 0 Å². The zero-order valence-corrected chi connectivity index (χ0v) is 12.1. The molecule has 1 aromatic heterocycles. The van der Waals surface area contributed by atoms with E-state index in [4.69, 9.17) is 4.74 Å². The van der Waals surface area contributed by atoms with Crippen LogP contribution in [0.2, 0.25) is 0 Å². The lowest BCUT2D eigenvalue weighted by atomic mass is 10.3. The van der Waals surface area contributed by atoms with Crippen LogP contribution in [-0.4, -0.2) is 17.0 Å². The second kappa shape index (κ2) is 5.84. The Morgan fingerprint density at radius 2 is 1.86 bits per heavy atom. The molecule has 0 atom stereocenters. The number of halogens is 5. The van der Waals surface area contributed by atoms with E-state index in [2.05, 4.69) is 31.2 Å². The lowest BCUT2D eigenvalue weighted by Crippen LogP contribution is -2.11. The summed E-state index contributed by atoms with van der Waals surface area (Å²) in [6.45, 7) is 0. The summed E-state index contributed by atoms with van der Waals surface area (Å²) in [5.41, 5.74) is -1.16. The monoisotopic (exact) mass is 365 g/mol. The minimum atomic E-state index is -4.64. The van der Waals surface area contributed by atoms with Gasteiger partial charge in [0.15, 0.2) is 5.69 Å². The van der Waals surface area contributed by atoms with E-state index in [1.165, 1.54) is 19.2 Å². The molecular weight excluding hydrogens is 358 g/mol. The number of ether oxygens (including phenoxy) is 1. The first-order valence-electron chi connectivity index (χ1n) is 5.56. The maximum atomic E-state index is 13.2. The van der Waals surface area contributed by atoms with Gasteiger partial charge >= 0.3 is 6.18 Å². The summed E-state index contributed by atoms with van der Waals surface area (Å²) < 4.78 is 56.9. The number of rotatable bonds is 3. The van der Waals surface area contributed by atoms with E-state index in [0.29, 0.717) is 10.5 Å². The molecule has 21 heavy (non-hydrogen) atoms. The summed E-state index contributed by atoms with van der Waals surface area (Å²) in [4.78, 5) is 7.03. The van der Waals surface area contributed by atoms with Crippen molar-refractivity contribution in [3.63, 3.8) is 0 Å². The van der Waals surface area contributed by atoms with E-state index in [0.717, 1.165) is 6.07 Å². The second-order valence-corrected chi connectivity index (χ2v) is 4.79. The second-order valence-electron chi connectivity index (χ2n) is 3.87. The van der Waals surface area contributed by atoms with Gasteiger partial charge in [-0.3, -0.25) is 0 Å². The Balaban J connectivity index is 2.39. The molecule has 0 aliphatic heterocycles. The molecule has 0 bridgehead atoms. The normalized spacial score (nSPS) is 11.3. The Morgan fingerprint density at radius 3 is 2.43 bits per heavy atom. The highest BCUT2D eigenvalue weighted by atomic mass is 79.9. The zero-order chi connectivity index (χ0) is 15.6. The molecule has 0 unspecified atom stereocenters. The molecule has 0 aliphatic carbocycles. The fourth-order valence-corrected chi connectivity index (χ4v) is 1.89. The average Bonchev–Trinajstić information content (AvgIpc) is 2.36. The molecule has 1 heterocycles. The van der Waals surface area contributed by atoms with Crippen LogP contribution in [0.4, 0.5) is 23.5 Å². The minimum absolute atomic E-state index is 0.00996. The van der Waals surface area contributed by atoms with Crippen LogP contribution in [0.15, 0.2) is 28.7 Å². The first-order chi connectivity index (χ1) is 9.77. The first kappa shape index (κ1) is 15.5. The minimum Gasteiger partial charge on any atom is -0.439 e. The lowest BCUT2D eigenvalue weighted by Gasteiger charge is -2.11. The number of hydrogen-bond acceptors (Lipinski definition) is 4. The van der Waals surface area contributed by atoms with Gasteiger partial charge in [-0.2, -0.15) is 18.2 Å². The molecule has 0 radical (unpaired) electrons. The van der Waals surface area contributed by atoms with E-state index < -0.39 is 17.7 Å². The molecule has 0 fully saturated rings. The summed E-state index contributed by atoms with van der Waals surface area (Å²) in [6, 6.07) is 4.25. The highest BCUT2D eigenvalue weighted by Crippen LogP contribution is 2.32. The van der Waals surface area contributed by atoms with Crippen molar-refractivity contribution in [3.8, 4) is 11.6 Å². The third-order valence-corrected chi connectivity index (χ3v) is 2.73. The van der Waals surface area contributed by atoms with Crippen LogP contribution < -0.4 is 10.1 Å². The Hall–Kier alpha value is -1.90. The molecule has 1 aromatic carbocycles. The van der Waals surface area contributed by atoms with Crippen LogP contribution in [0.1, 0.15) is 5.69 Å². The molecule has 9 heteroatoms. The average molecular weight is 366 g/mol. The molecule has 112 valence electrons. The molecule has 0 spiro atoms. The van der Waals surface area contributed by atoms with Crippen molar-refractivity contribution < 1.29 is 22.3 Å². The Labute approximate surface area is 125 Å². The molecule has 2 rings (SSSR count). The smallest absolute Gasteiger partial charge is 0.433 e. The molecule has 0 saturated carbocycles. The van der Waals surface area contributed by atoms with Crippen molar-refractivity contribution >= 4 is 21.9 Å². The Kier molecular flexibility index (Phi) is 4.31. The SMILES string of the molecule is CNc1nc(Oc2cc(F)cc(Br)c2)cc(C(F)(F)F)n1. The van der Waals surface area contributed by atoms with Crippen LogP contribution in [0.3, 0.4) is 0 Å². The number of anilines is 1. The quantitative estimate of drug-likeness (QED) is 0.826. The maximum absolute atomic E-state index is 13.2. The summed E-state index contributed by atoms with van der Waals surface area (Å²) in [5, 5.41) is 2.40. The summed E-state index contributed by atoms with van der Waals surface area (Å²) in [7, 11) is 1.37. The number of alkyl halides is 3. The number of benzene rings is 1. The predicted octanol–water partition coefficient (Wildman–Crippen LogP) is 4.23. The summed E-state index contributed by atoms with van der Waals surface area (Å²) in [5.74, 6) is -1.19. The van der Waals surface area contributed by atoms with E-state index in [9.17, 15) is 17.6 Å². The van der Waals surface area contributed by atoms with E-state index in [1.54, 1.807) is 0 Å². The predicted molar refractivity (Wildman–Crippen MR) is 70.8 cm³/mol. The van der Waals surface area contributed by atoms with Crippen LogP contribution in [0.25, 0.3) is 0 Å². The van der Waals surface area contributed by atoms with Crippen molar-refractivity contribution in [2.24, 2.45) is 0 Å². The highest BCUT2D eigenvalue weighted by molar-refractivity contribution is 9.10. The topological polar surface area (TPSA) is 47.0 Å². The van der Waals surface area contributed by atoms with Crippen molar-refractivity contribution in [1.82, 2.24) is 9.97 Å². The van der Waals surface area contributed by atoms with Crippen molar-refractivity contribution in [1.29, 1.82) is 0 Å². The Bertz CT molecular complexity index is 643. The van der Waals surface area contributed by atoms with Crippen molar-refractivity contribution in [2.75, 3.05) is 12.4 Å². The molecule has 0 amide bonds. The third-order valence-electron chi connectivity index (χ3n) is 2.28. The maximum Gasteiger partial charge on any atom is 0.433 e. The van der Waals surface area contributed by atoms with E-state index in [1.807, 2.05) is 0 Å². The number of nitrogens with zero attached hydrogens (tertiary/aromatic N) is 2. The number of aromatic nitrogens is 2. The van der Waals surface area contributed by atoms with Crippen molar-refractivity contribution in [3.05, 3.63) is 40.2 Å². The third kappa shape index (κ3) is 4.03. The Morgan fingerprint density at radius 1 is 1.14 bits per heavy atom. The van der Waals surface area contributed by atoms with Gasteiger partial charge in [-0.1, -0.05) is 15.9 Å². The van der Waals surface area contributed by atoms with Crippen molar-refractivity contribution in [2.45, 2.75) is 6.18 Å². The van der Waals surface area contributed by atoms with Crippen LogP contribution >= 0.6 is 15.9 Å². The molecule has 0 saturated heterocycles. The molecule has 1 N–H and O–H groups in total. The largest absolute Gasteiger partial charge is 0.439 e. The van der Waals surface area contributed by atoms with Gasteiger partial charge in [0, 0.05) is 23.7 Å². The fourth-order valence-electron chi connectivity index (χ4n) is 1.44. The zero-order valence-electron chi connectivity index (χ0n) is 10.5. The van der Waals surface area contributed by atoms with Gasteiger partial charge in [-0.25, -0.2) is 9.37 Å². The van der Waals surface area contributed by atoms with Gasteiger partial charge in [0.2, 0.25) is 11.8 Å². The van der Waals surface area contributed by atoms with Crippen LogP contribution in [0.5, 0.6) is 11.6 Å². The van der Waals surface area contributed by atoms with Gasteiger partial charge in [0.25, 0.3) is 0 Å². The van der Waals surface area contributed by atoms with Crippen LogP contribution in [-0.2, 0) is 6.18 Å². The standard InChI is InChI=1S/C12H8BrF4N3O/c1-18-11-19-9(12(15,16)17)5-10(20-11)21-8-3-6(13)2-7(14)4-8/h2-5H,1H3,(H,18,19,20). The number of hydrogen-bond donors (Lipinski definition) is 1. The highest BCUT2D eigenvalue weighted by Gasteiger charge is 2.34. The van der Waals surface area contributed by atoms with Gasteiger partial charge < -0.3 is 10.1 Å². The van der Waals surface area contributed by atoms with Gasteiger partial charge in [-0.05, 0) is 12.1 Å².